The summed E-state index contributed by atoms with van der Waals surface area (Å²) in [6, 6.07) is 19.3. The topological polar surface area (TPSA) is 71.9 Å². The van der Waals surface area contributed by atoms with Crippen molar-refractivity contribution in [1.82, 2.24) is 15.0 Å². The molecule has 6 nitrogen and oxygen atoms in total. The fourth-order valence-corrected chi connectivity index (χ4v) is 4.91. The van der Waals surface area contributed by atoms with Crippen molar-refractivity contribution in [3.05, 3.63) is 90.8 Å². The van der Waals surface area contributed by atoms with Gasteiger partial charge >= 0.3 is 5.97 Å². The standard InChI is InChI=1S/C27H24N4O2/c1-4-27(5-2)18(3)22-14-13-21(16-23(22)25-8-6-7-15-30(25)27)31-17-24(28-29-31)19-9-11-20(12-10-19)26(32)33/h6-17H,3-5H2,1-2H3/p+1. The lowest BCUT2D eigenvalue weighted by molar-refractivity contribution is -0.741. The number of allylic oxidation sites excluding steroid dienone is 1. The van der Waals surface area contributed by atoms with E-state index in [4.69, 9.17) is 5.11 Å². The second-order valence-electron chi connectivity index (χ2n) is 8.33. The molecule has 4 aromatic rings. The van der Waals surface area contributed by atoms with Crippen molar-refractivity contribution in [2.24, 2.45) is 0 Å². The molecule has 1 aliphatic rings. The first kappa shape index (κ1) is 20.8. The molecule has 0 amide bonds. The molecule has 0 unspecified atom stereocenters. The molecule has 1 N–H and O–H groups in total. The van der Waals surface area contributed by atoms with Crippen LogP contribution in [0.4, 0.5) is 0 Å². The summed E-state index contributed by atoms with van der Waals surface area (Å²) in [4.78, 5) is 11.1. The molecule has 6 heteroatoms. The van der Waals surface area contributed by atoms with Gasteiger partial charge in [0, 0.05) is 36.1 Å². The zero-order valence-corrected chi connectivity index (χ0v) is 18.7. The number of pyridine rings is 1. The number of hydrogen-bond acceptors (Lipinski definition) is 3. The van der Waals surface area contributed by atoms with Gasteiger partial charge in [0.1, 0.15) is 5.69 Å². The molecule has 0 saturated carbocycles. The number of carbonyl (C=O) groups is 1. The lowest BCUT2D eigenvalue weighted by Crippen LogP contribution is -2.59. The lowest BCUT2D eigenvalue weighted by atomic mass is 9.75. The Kier molecular flexibility index (Phi) is 4.93. The highest BCUT2D eigenvalue weighted by Gasteiger charge is 2.46. The van der Waals surface area contributed by atoms with E-state index in [1.54, 1.807) is 28.9 Å². The lowest BCUT2D eigenvalue weighted by Gasteiger charge is -2.34. The average molecular weight is 438 g/mol. The molecule has 3 heterocycles. The summed E-state index contributed by atoms with van der Waals surface area (Å²) in [6.45, 7) is 8.96. The van der Waals surface area contributed by atoms with E-state index in [1.807, 2.05) is 12.3 Å². The summed E-state index contributed by atoms with van der Waals surface area (Å²) in [5, 5.41) is 17.7. The molecule has 2 aromatic carbocycles. The number of carboxylic acids is 1. The second-order valence-corrected chi connectivity index (χ2v) is 8.33. The van der Waals surface area contributed by atoms with Crippen molar-refractivity contribution < 1.29 is 14.5 Å². The van der Waals surface area contributed by atoms with Crippen molar-refractivity contribution in [1.29, 1.82) is 0 Å². The molecule has 33 heavy (non-hydrogen) atoms. The van der Waals surface area contributed by atoms with Gasteiger partial charge in [-0.2, -0.15) is 4.57 Å². The summed E-state index contributed by atoms with van der Waals surface area (Å²) in [5.74, 6) is -0.950. The van der Waals surface area contributed by atoms with Crippen LogP contribution in [-0.2, 0) is 5.54 Å². The van der Waals surface area contributed by atoms with Crippen LogP contribution >= 0.6 is 0 Å². The number of hydrogen-bond donors (Lipinski definition) is 1. The third-order valence-corrected chi connectivity index (χ3v) is 6.84. The van der Waals surface area contributed by atoms with Crippen LogP contribution in [0.1, 0.15) is 42.6 Å². The normalized spacial score (nSPS) is 13.9. The Morgan fingerprint density at radius 1 is 1.06 bits per heavy atom. The maximum atomic E-state index is 11.1. The maximum Gasteiger partial charge on any atom is 0.335 e. The summed E-state index contributed by atoms with van der Waals surface area (Å²) in [5.41, 5.74) is 7.09. The Morgan fingerprint density at radius 3 is 2.52 bits per heavy atom. The van der Waals surface area contributed by atoms with Gasteiger partial charge in [0.05, 0.1) is 23.0 Å². The van der Waals surface area contributed by atoms with Crippen LogP contribution in [0.2, 0.25) is 0 Å². The molecular weight excluding hydrogens is 412 g/mol. The van der Waals surface area contributed by atoms with Gasteiger partial charge in [0.15, 0.2) is 11.7 Å². The van der Waals surface area contributed by atoms with Crippen LogP contribution in [-0.4, -0.2) is 26.1 Å². The van der Waals surface area contributed by atoms with E-state index < -0.39 is 5.97 Å². The van der Waals surface area contributed by atoms with E-state index in [2.05, 4.69) is 71.8 Å². The third-order valence-electron chi connectivity index (χ3n) is 6.84. The van der Waals surface area contributed by atoms with E-state index in [-0.39, 0.29) is 11.1 Å². The fourth-order valence-electron chi connectivity index (χ4n) is 4.91. The van der Waals surface area contributed by atoms with Crippen molar-refractivity contribution in [2.45, 2.75) is 32.2 Å². The molecule has 2 aromatic heterocycles. The number of rotatable bonds is 5. The molecule has 1 aliphatic heterocycles. The van der Waals surface area contributed by atoms with Crippen molar-refractivity contribution in [3.63, 3.8) is 0 Å². The van der Waals surface area contributed by atoms with Crippen LogP contribution in [0.15, 0.2) is 79.6 Å². The molecule has 0 fully saturated rings. The van der Waals surface area contributed by atoms with Crippen LogP contribution in [0.25, 0.3) is 33.8 Å². The molecule has 0 bridgehead atoms. The van der Waals surface area contributed by atoms with E-state index in [0.717, 1.165) is 40.9 Å². The quantitative estimate of drug-likeness (QED) is 0.440. The van der Waals surface area contributed by atoms with E-state index in [9.17, 15) is 4.79 Å². The molecule has 0 radical (unpaired) electrons. The van der Waals surface area contributed by atoms with Crippen LogP contribution in [0.3, 0.4) is 0 Å². The highest BCUT2D eigenvalue weighted by atomic mass is 16.4. The largest absolute Gasteiger partial charge is 0.478 e. The number of aromatic carboxylic acids is 1. The van der Waals surface area contributed by atoms with Gasteiger partial charge in [-0.05, 0) is 35.9 Å². The predicted octanol–water partition coefficient (Wildman–Crippen LogP) is 5.13. The summed E-state index contributed by atoms with van der Waals surface area (Å²) < 4.78 is 4.11. The minimum Gasteiger partial charge on any atom is -0.478 e. The van der Waals surface area contributed by atoms with E-state index in [1.165, 1.54) is 5.56 Å². The Labute approximate surface area is 192 Å². The summed E-state index contributed by atoms with van der Waals surface area (Å²) in [7, 11) is 0. The Morgan fingerprint density at radius 2 is 1.82 bits per heavy atom. The number of aromatic nitrogens is 4. The summed E-state index contributed by atoms with van der Waals surface area (Å²) in [6.07, 6.45) is 5.95. The molecule has 5 rings (SSSR count). The Hall–Kier alpha value is -4.06. The molecule has 0 saturated heterocycles. The van der Waals surface area contributed by atoms with Gasteiger partial charge < -0.3 is 5.11 Å². The van der Waals surface area contributed by atoms with E-state index >= 15 is 0 Å². The molecule has 0 spiro atoms. The highest BCUT2D eigenvalue weighted by molar-refractivity contribution is 5.88. The van der Waals surface area contributed by atoms with Crippen LogP contribution in [0, 0.1) is 0 Å². The second kappa shape index (κ2) is 7.81. The van der Waals surface area contributed by atoms with Gasteiger partial charge in [0.2, 0.25) is 5.69 Å². The number of carboxylic acid groups (broad SMARTS) is 1. The van der Waals surface area contributed by atoms with Crippen molar-refractivity contribution >= 4 is 11.5 Å². The zero-order chi connectivity index (χ0) is 23.2. The van der Waals surface area contributed by atoms with E-state index in [0.29, 0.717) is 5.69 Å². The monoisotopic (exact) mass is 437 g/mol. The first-order chi connectivity index (χ1) is 16.0. The van der Waals surface area contributed by atoms with Crippen molar-refractivity contribution in [2.75, 3.05) is 0 Å². The van der Waals surface area contributed by atoms with Gasteiger partial charge in [-0.25, -0.2) is 9.48 Å². The molecule has 164 valence electrons. The fraction of sp³-hybridized carbons (Fsp3) is 0.185. The van der Waals surface area contributed by atoms with Crippen molar-refractivity contribution in [3.8, 4) is 28.2 Å². The van der Waals surface area contributed by atoms with Gasteiger partial charge in [-0.15, -0.1) is 5.10 Å². The Bertz CT molecular complexity index is 1380. The third kappa shape index (κ3) is 3.18. The SMILES string of the molecule is C=C1c2ccc(-n3cc(-c4ccc(C(=O)O)cc4)nn3)cc2-c2cccc[n+]2C1(CC)CC. The minimum absolute atomic E-state index is 0.131. The van der Waals surface area contributed by atoms with Gasteiger partial charge in [-0.1, -0.05) is 43.8 Å². The zero-order valence-electron chi connectivity index (χ0n) is 18.7. The average Bonchev–Trinajstić information content (AvgIpc) is 3.35. The molecule has 0 aliphatic carbocycles. The first-order valence-corrected chi connectivity index (χ1v) is 11.1. The smallest absolute Gasteiger partial charge is 0.335 e. The minimum atomic E-state index is -0.950. The molecular formula is C27H25N4O2+. The number of fused-ring (bicyclic) bond motifs is 3. The van der Waals surface area contributed by atoms with Crippen LogP contribution in [0.5, 0.6) is 0 Å². The molecule has 0 atom stereocenters. The summed E-state index contributed by atoms with van der Waals surface area (Å²) >= 11 is 0. The van der Waals surface area contributed by atoms with Gasteiger partial charge in [-0.3, -0.25) is 0 Å². The predicted molar refractivity (Wildman–Crippen MR) is 127 cm³/mol. The maximum absolute atomic E-state index is 11.1. The highest BCUT2D eigenvalue weighted by Crippen LogP contribution is 2.43. The number of nitrogens with zero attached hydrogens (tertiary/aromatic N) is 4. The Balaban J connectivity index is 1.57. The van der Waals surface area contributed by atoms with Crippen LogP contribution < -0.4 is 4.57 Å². The van der Waals surface area contributed by atoms with Gasteiger partial charge in [0.25, 0.3) is 0 Å². The number of benzene rings is 2. The first-order valence-electron chi connectivity index (χ1n) is 11.1.